The fourth-order valence-corrected chi connectivity index (χ4v) is 3.65. The number of para-hydroxylation sites is 1. The van der Waals surface area contributed by atoms with Crippen LogP contribution in [0.5, 0.6) is 0 Å². The summed E-state index contributed by atoms with van der Waals surface area (Å²) in [5, 5.41) is 0. The van der Waals surface area contributed by atoms with Crippen molar-refractivity contribution in [3.05, 3.63) is 29.8 Å². The summed E-state index contributed by atoms with van der Waals surface area (Å²) in [7, 11) is 0. The van der Waals surface area contributed by atoms with Crippen LogP contribution in [0, 0.1) is 5.92 Å². The van der Waals surface area contributed by atoms with Crippen molar-refractivity contribution in [3.8, 4) is 0 Å². The number of anilines is 1. The Hall–Kier alpha value is -1.02. The Labute approximate surface area is 130 Å². The summed E-state index contributed by atoms with van der Waals surface area (Å²) in [6.07, 6.45) is 10.4. The monoisotopic (exact) mass is 288 g/mol. The third-order valence-corrected chi connectivity index (χ3v) is 4.77. The first-order valence-corrected chi connectivity index (χ1v) is 8.88. The molecule has 1 aliphatic heterocycles. The van der Waals surface area contributed by atoms with Crippen LogP contribution in [0.4, 0.5) is 5.69 Å². The molecule has 0 saturated carbocycles. The zero-order valence-corrected chi connectivity index (χ0v) is 13.7. The summed E-state index contributed by atoms with van der Waals surface area (Å²) in [5.41, 5.74) is 8.78. The average molecular weight is 288 g/mol. The Morgan fingerprint density at radius 1 is 1.14 bits per heavy atom. The number of hydrogen-bond donors (Lipinski definition) is 1. The molecule has 1 aromatic carbocycles. The Morgan fingerprint density at radius 2 is 2.00 bits per heavy atom. The highest BCUT2D eigenvalue weighted by atomic mass is 15.1. The third kappa shape index (κ3) is 5.03. The molecule has 0 amide bonds. The van der Waals surface area contributed by atoms with Gasteiger partial charge in [-0.3, -0.25) is 0 Å². The van der Waals surface area contributed by atoms with E-state index in [1.54, 1.807) is 5.56 Å². The molecule has 1 unspecified atom stereocenters. The third-order valence-electron chi connectivity index (χ3n) is 4.77. The van der Waals surface area contributed by atoms with Crippen molar-refractivity contribution in [2.24, 2.45) is 11.7 Å². The first kappa shape index (κ1) is 16.4. The molecule has 2 rings (SSSR count). The minimum absolute atomic E-state index is 0.835. The van der Waals surface area contributed by atoms with E-state index in [1.807, 2.05) is 0 Å². The molecule has 2 heteroatoms. The number of nitrogens with zero attached hydrogens (tertiary/aromatic N) is 1. The zero-order chi connectivity index (χ0) is 14.9. The maximum atomic E-state index is 5.75. The zero-order valence-electron chi connectivity index (χ0n) is 13.7. The Morgan fingerprint density at radius 3 is 2.81 bits per heavy atom. The van der Waals surface area contributed by atoms with Crippen LogP contribution in [0.15, 0.2) is 24.3 Å². The van der Waals surface area contributed by atoms with Gasteiger partial charge in [-0.25, -0.2) is 0 Å². The fourth-order valence-electron chi connectivity index (χ4n) is 3.65. The second-order valence-electron chi connectivity index (χ2n) is 6.45. The van der Waals surface area contributed by atoms with Crippen molar-refractivity contribution < 1.29 is 0 Å². The van der Waals surface area contributed by atoms with Gasteiger partial charge in [-0.15, -0.1) is 0 Å². The van der Waals surface area contributed by atoms with E-state index in [1.165, 1.54) is 70.1 Å². The van der Waals surface area contributed by atoms with Crippen LogP contribution in [0.1, 0.15) is 57.4 Å². The van der Waals surface area contributed by atoms with E-state index in [2.05, 4.69) is 36.1 Å². The molecule has 1 aliphatic rings. The molecule has 1 atom stereocenters. The van der Waals surface area contributed by atoms with Crippen LogP contribution in [0.3, 0.4) is 0 Å². The van der Waals surface area contributed by atoms with E-state index >= 15 is 0 Å². The number of rotatable bonds is 8. The summed E-state index contributed by atoms with van der Waals surface area (Å²) in [5.74, 6) is 0.835. The van der Waals surface area contributed by atoms with E-state index < -0.39 is 0 Å². The van der Waals surface area contributed by atoms with Gasteiger partial charge in [-0.1, -0.05) is 38.0 Å². The van der Waals surface area contributed by atoms with E-state index in [0.717, 1.165) is 12.5 Å². The number of fused-ring (bicyclic) bond motifs is 1. The number of benzene rings is 1. The Kier molecular flexibility index (Phi) is 7.08. The molecule has 2 N–H and O–H groups in total. The lowest BCUT2D eigenvalue weighted by Crippen LogP contribution is -2.26. The molecule has 0 aliphatic carbocycles. The Bertz CT molecular complexity index is 396. The van der Waals surface area contributed by atoms with Crippen LogP contribution >= 0.6 is 0 Å². The van der Waals surface area contributed by atoms with Gasteiger partial charge < -0.3 is 10.6 Å². The minimum atomic E-state index is 0.835. The molecule has 2 nitrogen and oxygen atoms in total. The Balaban J connectivity index is 1.87. The van der Waals surface area contributed by atoms with Crippen molar-refractivity contribution in [2.75, 3.05) is 24.5 Å². The summed E-state index contributed by atoms with van der Waals surface area (Å²) in [6.45, 7) is 5.57. The number of aryl methyl sites for hydroxylation is 1. The van der Waals surface area contributed by atoms with Gasteiger partial charge in [0.2, 0.25) is 0 Å². The van der Waals surface area contributed by atoms with Crippen LogP contribution < -0.4 is 10.6 Å². The molecule has 0 saturated heterocycles. The van der Waals surface area contributed by atoms with Crippen LogP contribution in [-0.4, -0.2) is 19.6 Å². The van der Waals surface area contributed by atoms with Crippen LogP contribution in [0.25, 0.3) is 0 Å². The van der Waals surface area contributed by atoms with Gasteiger partial charge in [0, 0.05) is 18.8 Å². The van der Waals surface area contributed by atoms with Crippen molar-refractivity contribution >= 4 is 5.69 Å². The topological polar surface area (TPSA) is 29.3 Å². The maximum absolute atomic E-state index is 5.75. The van der Waals surface area contributed by atoms with E-state index in [9.17, 15) is 0 Å². The summed E-state index contributed by atoms with van der Waals surface area (Å²) in [6, 6.07) is 8.98. The molecular weight excluding hydrogens is 256 g/mol. The van der Waals surface area contributed by atoms with Gasteiger partial charge in [0.15, 0.2) is 0 Å². The van der Waals surface area contributed by atoms with Crippen molar-refractivity contribution in [3.63, 3.8) is 0 Å². The second kappa shape index (κ2) is 9.09. The number of hydrogen-bond acceptors (Lipinski definition) is 2. The lowest BCUT2D eigenvalue weighted by atomic mass is 9.94. The van der Waals surface area contributed by atoms with Gasteiger partial charge in [0.1, 0.15) is 0 Å². The second-order valence-corrected chi connectivity index (χ2v) is 6.45. The first-order chi connectivity index (χ1) is 10.3. The molecule has 0 radical (unpaired) electrons. The quantitative estimate of drug-likeness (QED) is 0.769. The molecular formula is C19H32N2. The number of nitrogens with two attached hydrogens (primary N) is 1. The largest absolute Gasteiger partial charge is 0.371 e. The van der Waals surface area contributed by atoms with Gasteiger partial charge in [-0.05, 0) is 62.6 Å². The predicted octanol–water partition coefficient (Wildman–Crippen LogP) is 4.37. The standard InChI is InChI=1S/C19H32N2/c1-2-8-17(13-14-20)9-7-16-21-15-6-5-11-18-10-3-4-12-19(18)21/h3-4,10,12,17H,2,5-9,11,13-16,20H2,1H3. The molecule has 0 bridgehead atoms. The maximum Gasteiger partial charge on any atom is 0.0398 e. The van der Waals surface area contributed by atoms with Gasteiger partial charge in [-0.2, -0.15) is 0 Å². The molecule has 118 valence electrons. The fraction of sp³-hybridized carbons (Fsp3) is 0.684. The van der Waals surface area contributed by atoms with Crippen LogP contribution in [0.2, 0.25) is 0 Å². The normalized spacial score (nSPS) is 16.4. The highest BCUT2D eigenvalue weighted by molar-refractivity contribution is 5.54. The summed E-state index contributed by atoms with van der Waals surface area (Å²) >= 11 is 0. The SMILES string of the molecule is CCCC(CCN)CCCN1CCCCc2ccccc21. The van der Waals surface area contributed by atoms with E-state index in [-0.39, 0.29) is 0 Å². The van der Waals surface area contributed by atoms with E-state index in [0.29, 0.717) is 0 Å². The lowest BCUT2D eigenvalue weighted by molar-refractivity contribution is 0.409. The molecule has 0 fully saturated rings. The smallest absolute Gasteiger partial charge is 0.0398 e. The predicted molar refractivity (Wildman–Crippen MR) is 92.9 cm³/mol. The average Bonchev–Trinajstić information content (AvgIpc) is 2.70. The summed E-state index contributed by atoms with van der Waals surface area (Å²) in [4.78, 5) is 2.62. The van der Waals surface area contributed by atoms with Crippen LogP contribution in [-0.2, 0) is 6.42 Å². The lowest BCUT2D eigenvalue weighted by Gasteiger charge is -2.26. The van der Waals surface area contributed by atoms with Crippen molar-refractivity contribution in [1.82, 2.24) is 0 Å². The highest BCUT2D eigenvalue weighted by Crippen LogP contribution is 2.27. The molecule has 1 heterocycles. The van der Waals surface area contributed by atoms with Crippen molar-refractivity contribution in [1.29, 1.82) is 0 Å². The van der Waals surface area contributed by atoms with Gasteiger partial charge in [0.05, 0.1) is 0 Å². The highest BCUT2D eigenvalue weighted by Gasteiger charge is 2.15. The van der Waals surface area contributed by atoms with Gasteiger partial charge >= 0.3 is 0 Å². The summed E-state index contributed by atoms with van der Waals surface area (Å²) < 4.78 is 0. The first-order valence-electron chi connectivity index (χ1n) is 8.88. The van der Waals surface area contributed by atoms with E-state index in [4.69, 9.17) is 5.73 Å². The molecule has 0 spiro atoms. The van der Waals surface area contributed by atoms with Crippen molar-refractivity contribution in [2.45, 2.75) is 58.3 Å². The molecule has 21 heavy (non-hydrogen) atoms. The molecule has 0 aromatic heterocycles. The van der Waals surface area contributed by atoms with Gasteiger partial charge in [0.25, 0.3) is 0 Å². The molecule has 1 aromatic rings. The minimum Gasteiger partial charge on any atom is -0.371 e.